The van der Waals surface area contributed by atoms with Gasteiger partial charge in [-0.15, -0.1) is 0 Å². The van der Waals surface area contributed by atoms with E-state index in [1.807, 2.05) is 13.0 Å². The molecule has 6 nitrogen and oxygen atoms in total. The van der Waals surface area contributed by atoms with E-state index >= 15 is 0 Å². The molecule has 1 saturated heterocycles. The zero-order valence-corrected chi connectivity index (χ0v) is 17.5. The van der Waals surface area contributed by atoms with Crippen molar-refractivity contribution in [2.45, 2.75) is 88.9 Å². The maximum atomic E-state index is 11.6. The van der Waals surface area contributed by atoms with Crippen LogP contribution in [0.4, 0.5) is 0 Å². The number of ether oxygens (including phenoxy) is 2. The topological polar surface area (TPSA) is 94.8 Å². The Morgan fingerprint density at radius 1 is 1.28 bits per heavy atom. The fraction of sp³-hybridized carbons (Fsp3) is 0.870. The molecular formula is C23H33NO5. The van der Waals surface area contributed by atoms with Crippen molar-refractivity contribution >= 4 is 5.90 Å². The van der Waals surface area contributed by atoms with Crippen LogP contribution in [0, 0.1) is 28.6 Å². The molecular weight excluding hydrogens is 370 g/mol. The molecule has 4 aliphatic carbocycles. The zero-order chi connectivity index (χ0) is 20.3. The largest absolute Gasteiger partial charge is 0.475 e. The predicted molar refractivity (Wildman–Crippen MR) is 106 cm³/mol. The predicted octanol–water partition coefficient (Wildman–Crippen LogP) is 1.82. The molecule has 3 saturated carbocycles. The molecule has 3 N–H and O–H groups in total. The van der Waals surface area contributed by atoms with E-state index < -0.39 is 17.7 Å². The van der Waals surface area contributed by atoms with E-state index in [2.05, 4.69) is 13.8 Å². The first kappa shape index (κ1) is 18.8. The summed E-state index contributed by atoms with van der Waals surface area (Å²) in [5, 5.41) is 31.8. The van der Waals surface area contributed by atoms with E-state index in [1.54, 1.807) is 0 Å². The van der Waals surface area contributed by atoms with E-state index in [4.69, 9.17) is 14.5 Å². The third-order valence-electron chi connectivity index (χ3n) is 9.95. The Morgan fingerprint density at radius 2 is 2.07 bits per heavy atom. The number of aliphatic hydroxyl groups is 3. The lowest BCUT2D eigenvalue weighted by molar-refractivity contribution is -0.136. The molecule has 6 aliphatic rings. The fourth-order valence-electron chi connectivity index (χ4n) is 8.81. The van der Waals surface area contributed by atoms with Gasteiger partial charge >= 0.3 is 0 Å². The summed E-state index contributed by atoms with van der Waals surface area (Å²) in [6.07, 6.45) is 5.17. The second-order valence-electron chi connectivity index (χ2n) is 10.9. The molecule has 160 valence electrons. The molecule has 0 amide bonds. The van der Waals surface area contributed by atoms with Crippen LogP contribution in [0.3, 0.4) is 0 Å². The summed E-state index contributed by atoms with van der Waals surface area (Å²) in [6, 6.07) is 0. The van der Waals surface area contributed by atoms with Crippen LogP contribution in [0.5, 0.6) is 0 Å². The second-order valence-corrected chi connectivity index (χ2v) is 10.9. The van der Waals surface area contributed by atoms with Crippen molar-refractivity contribution in [3.8, 4) is 0 Å². The zero-order valence-electron chi connectivity index (χ0n) is 17.5. The van der Waals surface area contributed by atoms with Crippen LogP contribution in [0.25, 0.3) is 0 Å². The summed E-state index contributed by atoms with van der Waals surface area (Å²) < 4.78 is 12.1. The van der Waals surface area contributed by atoms with Gasteiger partial charge in [0.25, 0.3) is 0 Å². The van der Waals surface area contributed by atoms with Crippen LogP contribution in [-0.2, 0) is 9.47 Å². The standard InChI is InChI=1S/C23H33NO5/c1-11-24-23(6-7-25)17(28-11)9-14-13-5-4-12-8-15(26)19-20(29-19)22(12,3)18(13)16(27)10-21(14,23)2/h8,13-20,25-27H,4-7,9-10H2,1-3H3/t13-,14-,15+,16-,17+,18+,19-,20-,21-,22-,23+/m0/s1. The number of aliphatic hydroxyl groups excluding tert-OH is 3. The molecule has 0 aromatic rings. The third kappa shape index (κ3) is 2.05. The van der Waals surface area contributed by atoms with E-state index in [9.17, 15) is 15.3 Å². The monoisotopic (exact) mass is 403 g/mol. The quantitative estimate of drug-likeness (QED) is 0.483. The number of epoxide rings is 1. The van der Waals surface area contributed by atoms with Gasteiger partial charge in [0, 0.05) is 24.4 Å². The molecule has 4 fully saturated rings. The fourth-order valence-corrected chi connectivity index (χ4v) is 8.81. The highest BCUT2D eigenvalue weighted by atomic mass is 16.6. The van der Waals surface area contributed by atoms with Crippen molar-refractivity contribution in [3.63, 3.8) is 0 Å². The van der Waals surface area contributed by atoms with Crippen molar-refractivity contribution in [1.29, 1.82) is 0 Å². The summed E-state index contributed by atoms with van der Waals surface area (Å²) in [4.78, 5) is 4.99. The number of hydrogen-bond acceptors (Lipinski definition) is 6. The van der Waals surface area contributed by atoms with Crippen molar-refractivity contribution in [2.75, 3.05) is 6.61 Å². The Bertz CT molecular complexity index is 811. The van der Waals surface area contributed by atoms with Gasteiger partial charge < -0.3 is 24.8 Å². The SMILES string of the molecule is CC1=N[C@]2(CCO)[C@@H](C[C@H]3[C@@H]4CCC5=C[C@@H](O)[C@@H]6O[C@@H]6[C@]5(C)[C@H]4[C@@H](O)C[C@@]32C)O1. The van der Waals surface area contributed by atoms with Crippen LogP contribution < -0.4 is 0 Å². The Hall–Kier alpha value is -0.950. The lowest BCUT2D eigenvalue weighted by Crippen LogP contribution is -2.61. The second kappa shape index (κ2) is 5.64. The minimum Gasteiger partial charge on any atom is -0.475 e. The van der Waals surface area contributed by atoms with Gasteiger partial charge in [-0.1, -0.05) is 25.5 Å². The van der Waals surface area contributed by atoms with E-state index in [0.29, 0.717) is 24.7 Å². The molecule has 2 aliphatic heterocycles. The van der Waals surface area contributed by atoms with Gasteiger partial charge in [0.2, 0.25) is 0 Å². The van der Waals surface area contributed by atoms with Crippen LogP contribution in [-0.4, -0.2) is 63.9 Å². The third-order valence-corrected chi connectivity index (χ3v) is 9.95. The molecule has 0 aromatic carbocycles. The van der Waals surface area contributed by atoms with Gasteiger partial charge in [-0.2, -0.15) is 0 Å². The number of nitrogens with zero attached hydrogens (tertiary/aromatic N) is 1. The Labute approximate surface area is 172 Å². The Morgan fingerprint density at radius 3 is 2.83 bits per heavy atom. The Balaban J connectivity index is 1.43. The molecule has 0 radical (unpaired) electrons. The summed E-state index contributed by atoms with van der Waals surface area (Å²) in [5.74, 6) is 1.65. The lowest BCUT2D eigenvalue weighted by atomic mass is 9.45. The van der Waals surface area contributed by atoms with Gasteiger partial charge in [-0.3, -0.25) is 0 Å². The van der Waals surface area contributed by atoms with E-state index in [-0.39, 0.29) is 41.7 Å². The highest BCUT2D eigenvalue weighted by Crippen LogP contribution is 2.71. The summed E-state index contributed by atoms with van der Waals surface area (Å²) in [6.45, 7) is 6.54. The average Bonchev–Trinajstić information content (AvgIpc) is 3.36. The maximum Gasteiger partial charge on any atom is 0.181 e. The molecule has 11 atom stereocenters. The van der Waals surface area contributed by atoms with Crippen LogP contribution >= 0.6 is 0 Å². The number of aliphatic imine (C=N–C) groups is 1. The maximum absolute atomic E-state index is 11.6. The van der Waals surface area contributed by atoms with Gasteiger partial charge in [0.15, 0.2) is 5.90 Å². The van der Waals surface area contributed by atoms with E-state index in [0.717, 1.165) is 25.2 Å². The highest BCUT2D eigenvalue weighted by Gasteiger charge is 2.74. The van der Waals surface area contributed by atoms with Crippen molar-refractivity contribution in [3.05, 3.63) is 11.6 Å². The molecule has 6 rings (SSSR count). The summed E-state index contributed by atoms with van der Waals surface area (Å²) in [5.41, 5.74) is 0.464. The Kier molecular flexibility index (Phi) is 3.65. The number of hydrogen-bond donors (Lipinski definition) is 3. The van der Waals surface area contributed by atoms with Gasteiger partial charge in [0.1, 0.15) is 23.9 Å². The first-order valence-electron chi connectivity index (χ1n) is 11.3. The molecule has 2 heterocycles. The lowest BCUT2D eigenvalue weighted by Gasteiger charge is -2.60. The summed E-state index contributed by atoms with van der Waals surface area (Å²) in [7, 11) is 0. The number of fused-ring (bicyclic) bond motifs is 9. The van der Waals surface area contributed by atoms with Gasteiger partial charge in [-0.25, -0.2) is 4.99 Å². The smallest absolute Gasteiger partial charge is 0.181 e. The first-order chi connectivity index (χ1) is 13.8. The highest BCUT2D eigenvalue weighted by molar-refractivity contribution is 5.76. The molecule has 0 unspecified atom stereocenters. The van der Waals surface area contributed by atoms with Crippen molar-refractivity contribution in [2.24, 2.45) is 33.6 Å². The van der Waals surface area contributed by atoms with Crippen molar-refractivity contribution < 1.29 is 24.8 Å². The van der Waals surface area contributed by atoms with Gasteiger partial charge in [0.05, 0.1) is 12.2 Å². The van der Waals surface area contributed by atoms with Crippen LogP contribution in [0.2, 0.25) is 0 Å². The van der Waals surface area contributed by atoms with Crippen LogP contribution in [0.15, 0.2) is 16.6 Å². The molecule has 29 heavy (non-hydrogen) atoms. The average molecular weight is 404 g/mol. The molecule has 6 heteroatoms. The van der Waals surface area contributed by atoms with Crippen LogP contribution in [0.1, 0.15) is 52.9 Å². The van der Waals surface area contributed by atoms with Crippen molar-refractivity contribution in [1.82, 2.24) is 0 Å². The summed E-state index contributed by atoms with van der Waals surface area (Å²) >= 11 is 0. The minimum atomic E-state index is -0.505. The van der Waals surface area contributed by atoms with E-state index in [1.165, 1.54) is 5.57 Å². The number of rotatable bonds is 2. The normalized spacial score (nSPS) is 59.4. The van der Waals surface area contributed by atoms with Gasteiger partial charge in [-0.05, 0) is 49.9 Å². The molecule has 0 aromatic heterocycles. The first-order valence-corrected chi connectivity index (χ1v) is 11.3. The molecule has 0 spiro atoms. The molecule has 0 bridgehead atoms. The minimum absolute atomic E-state index is 0.00144.